The molecule has 0 saturated heterocycles. The Labute approximate surface area is 129 Å². The number of rotatable bonds is 4. The van der Waals surface area contributed by atoms with Gasteiger partial charge in [0.1, 0.15) is 16.5 Å². The van der Waals surface area contributed by atoms with Crippen molar-refractivity contribution in [2.24, 2.45) is 5.73 Å². The van der Waals surface area contributed by atoms with E-state index < -0.39 is 32.1 Å². The molecule has 0 unspecified atom stereocenters. The standard InChI is InChI=1S/C13H18F2N2O2S.ClH/c14-10-4-5-11(15)12(8-10)20(18,19)17-9-13(16)6-2-1-3-7-13;/h4-5,8,17H,1-3,6-7,9,16H2;1H. The van der Waals surface area contributed by atoms with E-state index in [-0.39, 0.29) is 19.0 Å². The molecule has 3 N–H and O–H groups in total. The van der Waals surface area contributed by atoms with Gasteiger partial charge in [0.05, 0.1) is 0 Å². The Kier molecular flexibility index (Phi) is 6.10. The third-order valence-corrected chi connectivity index (χ3v) is 5.06. The number of sulfonamides is 1. The smallest absolute Gasteiger partial charge is 0.243 e. The van der Waals surface area contributed by atoms with Crippen molar-refractivity contribution in [2.45, 2.75) is 42.5 Å². The fraction of sp³-hybridized carbons (Fsp3) is 0.538. The van der Waals surface area contributed by atoms with Crippen LogP contribution in [0.2, 0.25) is 0 Å². The lowest BCUT2D eigenvalue weighted by Gasteiger charge is -2.33. The minimum Gasteiger partial charge on any atom is -0.324 e. The van der Waals surface area contributed by atoms with Gasteiger partial charge >= 0.3 is 0 Å². The van der Waals surface area contributed by atoms with Gasteiger partial charge in [-0.25, -0.2) is 21.9 Å². The van der Waals surface area contributed by atoms with Gasteiger partial charge in [0, 0.05) is 12.1 Å². The first-order valence-electron chi connectivity index (χ1n) is 6.56. The van der Waals surface area contributed by atoms with Gasteiger partial charge in [-0.05, 0) is 31.0 Å². The first kappa shape index (κ1) is 18.3. The largest absolute Gasteiger partial charge is 0.324 e. The van der Waals surface area contributed by atoms with E-state index in [1.807, 2.05) is 0 Å². The molecular formula is C13H19ClF2N2O2S. The summed E-state index contributed by atoms with van der Waals surface area (Å²) < 4.78 is 52.9. The van der Waals surface area contributed by atoms with Gasteiger partial charge in [-0.1, -0.05) is 19.3 Å². The van der Waals surface area contributed by atoms with Gasteiger partial charge in [0.15, 0.2) is 0 Å². The minimum atomic E-state index is -4.10. The van der Waals surface area contributed by atoms with Crippen LogP contribution in [-0.2, 0) is 10.0 Å². The Hall–Kier alpha value is -0.760. The second-order valence-electron chi connectivity index (χ2n) is 5.32. The van der Waals surface area contributed by atoms with Gasteiger partial charge < -0.3 is 5.73 Å². The van der Waals surface area contributed by atoms with Crippen LogP contribution in [0.25, 0.3) is 0 Å². The summed E-state index contributed by atoms with van der Waals surface area (Å²) in [6.07, 6.45) is 4.44. The van der Waals surface area contributed by atoms with E-state index in [2.05, 4.69) is 4.72 Å². The molecule has 21 heavy (non-hydrogen) atoms. The fourth-order valence-electron chi connectivity index (χ4n) is 2.43. The molecule has 1 fully saturated rings. The van der Waals surface area contributed by atoms with Crippen LogP contribution in [0.1, 0.15) is 32.1 Å². The molecule has 120 valence electrons. The molecule has 2 rings (SSSR count). The van der Waals surface area contributed by atoms with E-state index in [0.717, 1.165) is 44.2 Å². The molecule has 1 saturated carbocycles. The summed E-state index contributed by atoms with van der Waals surface area (Å²) in [5, 5.41) is 0. The van der Waals surface area contributed by atoms with E-state index in [4.69, 9.17) is 5.73 Å². The molecule has 0 radical (unpaired) electrons. The van der Waals surface area contributed by atoms with E-state index in [0.29, 0.717) is 6.07 Å². The van der Waals surface area contributed by atoms with Crippen LogP contribution < -0.4 is 10.5 Å². The monoisotopic (exact) mass is 340 g/mol. The number of nitrogens with two attached hydrogens (primary N) is 1. The van der Waals surface area contributed by atoms with Gasteiger partial charge in [0.2, 0.25) is 10.0 Å². The van der Waals surface area contributed by atoms with Crippen LogP contribution >= 0.6 is 12.4 Å². The zero-order valence-corrected chi connectivity index (χ0v) is 13.1. The molecule has 0 aliphatic heterocycles. The molecule has 0 aromatic heterocycles. The first-order chi connectivity index (χ1) is 9.32. The van der Waals surface area contributed by atoms with Gasteiger partial charge in [-0.3, -0.25) is 0 Å². The molecule has 8 heteroatoms. The Balaban J connectivity index is 0.00000220. The molecule has 0 amide bonds. The molecule has 0 heterocycles. The Morgan fingerprint density at radius 1 is 1.19 bits per heavy atom. The van der Waals surface area contributed by atoms with Crippen molar-refractivity contribution in [1.29, 1.82) is 0 Å². The van der Waals surface area contributed by atoms with Crippen molar-refractivity contribution in [1.82, 2.24) is 4.72 Å². The zero-order chi connectivity index (χ0) is 14.8. The third kappa shape index (κ3) is 4.60. The van der Waals surface area contributed by atoms with Crippen LogP contribution in [-0.4, -0.2) is 20.5 Å². The summed E-state index contributed by atoms with van der Waals surface area (Å²) in [7, 11) is -4.10. The van der Waals surface area contributed by atoms with E-state index >= 15 is 0 Å². The first-order valence-corrected chi connectivity index (χ1v) is 8.04. The second-order valence-corrected chi connectivity index (χ2v) is 7.06. The van der Waals surface area contributed by atoms with Crippen LogP contribution in [0.15, 0.2) is 23.1 Å². The van der Waals surface area contributed by atoms with Gasteiger partial charge in [0.25, 0.3) is 0 Å². The van der Waals surface area contributed by atoms with Crippen molar-refractivity contribution in [3.8, 4) is 0 Å². The maximum Gasteiger partial charge on any atom is 0.243 e. The zero-order valence-electron chi connectivity index (χ0n) is 11.4. The van der Waals surface area contributed by atoms with Crippen molar-refractivity contribution >= 4 is 22.4 Å². The van der Waals surface area contributed by atoms with Crippen molar-refractivity contribution in [3.63, 3.8) is 0 Å². The summed E-state index contributed by atoms with van der Waals surface area (Å²) in [5.41, 5.74) is 5.52. The highest BCUT2D eigenvalue weighted by Gasteiger charge is 2.30. The maximum atomic E-state index is 13.5. The molecule has 0 bridgehead atoms. The summed E-state index contributed by atoms with van der Waals surface area (Å²) in [5.74, 6) is -1.78. The highest BCUT2D eigenvalue weighted by Crippen LogP contribution is 2.26. The molecule has 4 nitrogen and oxygen atoms in total. The lowest BCUT2D eigenvalue weighted by atomic mass is 9.83. The lowest BCUT2D eigenvalue weighted by molar-refractivity contribution is 0.296. The molecule has 0 atom stereocenters. The quantitative estimate of drug-likeness (QED) is 0.883. The van der Waals surface area contributed by atoms with Crippen molar-refractivity contribution in [2.75, 3.05) is 6.54 Å². The molecule has 1 aromatic carbocycles. The Morgan fingerprint density at radius 2 is 1.81 bits per heavy atom. The second kappa shape index (κ2) is 7.00. The molecular weight excluding hydrogens is 322 g/mol. The van der Waals surface area contributed by atoms with E-state index in [1.165, 1.54) is 0 Å². The van der Waals surface area contributed by atoms with Gasteiger partial charge in [-0.2, -0.15) is 0 Å². The Morgan fingerprint density at radius 3 is 2.43 bits per heavy atom. The average Bonchev–Trinajstić information content (AvgIpc) is 2.40. The van der Waals surface area contributed by atoms with Crippen molar-refractivity contribution in [3.05, 3.63) is 29.8 Å². The predicted molar refractivity (Wildman–Crippen MR) is 78.8 cm³/mol. The fourth-order valence-corrected chi connectivity index (χ4v) is 3.66. The number of hydrogen-bond acceptors (Lipinski definition) is 3. The van der Waals surface area contributed by atoms with Gasteiger partial charge in [-0.15, -0.1) is 12.4 Å². The summed E-state index contributed by atoms with van der Waals surface area (Å²) in [6, 6.07) is 2.34. The molecule has 0 spiro atoms. The van der Waals surface area contributed by atoms with Crippen molar-refractivity contribution < 1.29 is 17.2 Å². The van der Waals surface area contributed by atoms with E-state index in [9.17, 15) is 17.2 Å². The number of benzene rings is 1. The maximum absolute atomic E-state index is 13.5. The third-order valence-electron chi connectivity index (χ3n) is 3.65. The molecule has 1 aromatic rings. The van der Waals surface area contributed by atoms with Crippen LogP contribution in [0.5, 0.6) is 0 Å². The van der Waals surface area contributed by atoms with E-state index in [1.54, 1.807) is 0 Å². The molecule has 1 aliphatic carbocycles. The minimum absolute atomic E-state index is 0. The topological polar surface area (TPSA) is 72.2 Å². The number of nitrogens with one attached hydrogen (secondary N) is 1. The summed E-state index contributed by atoms with van der Waals surface area (Å²) in [6.45, 7) is 0.0330. The summed E-state index contributed by atoms with van der Waals surface area (Å²) in [4.78, 5) is -0.683. The lowest BCUT2D eigenvalue weighted by Crippen LogP contribution is -2.51. The summed E-state index contributed by atoms with van der Waals surface area (Å²) >= 11 is 0. The normalized spacial score (nSPS) is 18.0. The highest BCUT2D eigenvalue weighted by molar-refractivity contribution is 7.89. The van der Waals surface area contributed by atoms with Crippen LogP contribution in [0.3, 0.4) is 0 Å². The van der Waals surface area contributed by atoms with Crippen LogP contribution in [0.4, 0.5) is 8.78 Å². The SMILES string of the molecule is Cl.NC1(CNS(=O)(=O)c2cc(F)ccc2F)CCCCC1. The average molecular weight is 341 g/mol. The van der Waals surface area contributed by atoms with Crippen LogP contribution in [0, 0.1) is 11.6 Å². The number of hydrogen-bond donors (Lipinski definition) is 2. The highest BCUT2D eigenvalue weighted by atomic mass is 35.5. The Bertz CT molecular complexity index is 590. The molecule has 1 aliphatic rings. The number of halogens is 3. The predicted octanol–water partition coefficient (Wildman–Crippen LogP) is 2.33.